The molecule has 1 heteroatoms. The van der Waals surface area contributed by atoms with Gasteiger partial charge in [-0.2, -0.15) is 0 Å². The Balaban J connectivity index is 1.77. The summed E-state index contributed by atoms with van der Waals surface area (Å²) in [5.74, 6) is 2.50. The van der Waals surface area contributed by atoms with E-state index in [9.17, 15) is 0 Å². The average molecular weight is 447 g/mol. The molecule has 164 valence electrons. The molecule has 0 nitrogen and oxygen atoms in total. The summed E-state index contributed by atoms with van der Waals surface area (Å²) < 4.78 is 0. The highest BCUT2D eigenvalue weighted by atomic mass is 31.1. The van der Waals surface area contributed by atoms with Crippen LogP contribution in [0, 0.1) is 41.5 Å². The van der Waals surface area contributed by atoms with E-state index in [0.29, 0.717) is 0 Å². The van der Waals surface area contributed by atoms with Crippen LogP contribution < -0.4 is 5.30 Å². The molecule has 0 aromatic heterocycles. The molecule has 0 aliphatic carbocycles. The maximum Gasteiger partial charge on any atom is 0.000108 e. The van der Waals surface area contributed by atoms with Crippen molar-refractivity contribution in [1.82, 2.24) is 0 Å². The lowest BCUT2D eigenvalue weighted by atomic mass is 9.89. The molecule has 33 heavy (non-hydrogen) atoms. The summed E-state index contributed by atoms with van der Waals surface area (Å²) in [6, 6.07) is 27.2. The first-order valence-electron chi connectivity index (χ1n) is 11.7. The number of rotatable bonds is 4. The van der Waals surface area contributed by atoms with Crippen molar-refractivity contribution in [3.05, 3.63) is 118 Å². The van der Waals surface area contributed by atoms with E-state index in [2.05, 4.69) is 120 Å². The van der Waals surface area contributed by atoms with Crippen LogP contribution in [0.4, 0.5) is 0 Å². The van der Waals surface area contributed by atoms with Crippen LogP contribution in [-0.2, 0) is 0 Å². The molecular formula is C32H31P. The highest BCUT2D eigenvalue weighted by Crippen LogP contribution is 2.68. The second kappa shape index (κ2) is 8.44. The molecule has 4 aromatic rings. The Morgan fingerprint density at radius 2 is 0.970 bits per heavy atom. The maximum absolute atomic E-state index is 2.50. The van der Waals surface area contributed by atoms with E-state index in [0.717, 1.165) is 0 Å². The van der Waals surface area contributed by atoms with Crippen molar-refractivity contribution in [3.63, 3.8) is 0 Å². The lowest BCUT2D eigenvalue weighted by Gasteiger charge is -2.22. The smallest absolute Gasteiger partial charge is 0.000108 e. The van der Waals surface area contributed by atoms with Crippen molar-refractivity contribution in [2.24, 2.45) is 0 Å². The van der Waals surface area contributed by atoms with Gasteiger partial charge in [0.15, 0.2) is 0 Å². The van der Waals surface area contributed by atoms with Gasteiger partial charge in [-0.15, -0.1) is 0 Å². The Labute approximate surface area is 199 Å². The Hall–Kier alpha value is -2.95. The third-order valence-corrected chi connectivity index (χ3v) is 8.79. The molecule has 0 N–H and O–H groups in total. The molecule has 0 spiro atoms. The summed E-state index contributed by atoms with van der Waals surface area (Å²) in [4.78, 5) is 0. The topological polar surface area (TPSA) is 0 Å². The molecule has 1 aliphatic rings. The molecule has 0 bridgehead atoms. The standard InChI is InChI=1S/C32H31P/c1-20-15-22(3)30(23(4)16-20)27-13-10-14-28(31-24(5)17-21(2)18-25(31)6)32(27)33-19-29(33)26-11-8-7-9-12-26/h7-19H,1-6H3. The zero-order valence-corrected chi connectivity index (χ0v) is 21.3. The lowest BCUT2D eigenvalue weighted by Crippen LogP contribution is -2.09. The van der Waals surface area contributed by atoms with E-state index < -0.39 is 7.92 Å². The van der Waals surface area contributed by atoms with E-state index in [1.807, 2.05) is 0 Å². The van der Waals surface area contributed by atoms with Crippen LogP contribution in [0.1, 0.15) is 38.9 Å². The molecule has 5 rings (SSSR count). The van der Waals surface area contributed by atoms with Crippen LogP contribution >= 0.6 is 7.92 Å². The normalized spacial score (nSPS) is 14.8. The number of hydrogen-bond donors (Lipinski definition) is 0. The third kappa shape index (κ3) is 3.98. The quantitative estimate of drug-likeness (QED) is 0.274. The molecule has 1 aliphatic heterocycles. The van der Waals surface area contributed by atoms with Crippen LogP contribution in [0.15, 0.2) is 78.6 Å². The fourth-order valence-electron chi connectivity index (χ4n) is 5.52. The van der Waals surface area contributed by atoms with E-state index in [4.69, 9.17) is 0 Å². The summed E-state index contributed by atoms with van der Waals surface area (Å²) in [7, 11) is -0.447. The molecule has 0 fully saturated rings. The van der Waals surface area contributed by atoms with Gasteiger partial charge in [0.25, 0.3) is 0 Å². The summed E-state index contributed by atoms with van der Waals surface area (Å²) in [6.45, 7) is 13.4. The summed E-state index contributed by atoms with van der Waals surface area (Å²) in [6.07, 6.45) is 0. The summed E-state index contributed by atoms with van der Waals surface area (Å²) in [5.41, 5.74) is 15.1. The third-order valence-electron chi connectivity index (χ3n) is 6.68. The highest BCUT2D eigenvalue weighted by molar-refractivity contribution is 7.86. The fraction of sp³-hybridized carbons (Fsp3) is 0.188. The van der Waals surface area contributed by atoms with Gasteiger partial charge in [0, 0.05) is 5.30 Å². The van der Waals surface area contributed by atoms with Gasteiger partial charge in [0.05, 0.1) is 0 Å². The van der Waals surface area contributed by atoms with Crippen molar-refractivity contribution in [2.75, 3.05) is 0 Å². The monoisotopic (exact) mass is 446 g/mol. The minimum atomic E-state index is -0.447. The Kier molecular flexibility index (Phi) is 5.59. The zero-order valence-electron chi connectivity index (χ0n) is 20.5. The molecule has 0 amide bonds. The minimum absolute atomic E-state index is 0.447. The predicted molar refractivity (Wildman–Crippen MR) is 147 cm³/mol. The Bertz CT molecular complexity index is 1280. The molecule has 0 saturated heterocycles. The minimum Gasteiger partial charge on any atom is -0.0622 e. The molecule has 0 saturated carbocycles. The molecule has 1 atom stereocenters. The van der Waals surface area contributed by atoms with Gasteiger partial charge in [-0.1, -0.05) is 83.9 Å². The van der Waals surface area contributed by atoms with Gasteiger partial charge in [-0.3, -0.25) is 0 Å². The number of hydrogen-bond acceptors (Lipinski definition) is 0. The zero-order chi connectivity index (χ0) is 23.3. The van der Waals surface area contributed by atoms with Gasteiger partial charge in [0.1, 0.15) is 0 Å². The van der Waals surface area contributed by atoms with E-state index in [-0.39, 0.29) is 0 Å². The van der Waals surface area contributed by atoms with Crippen LogP contribution in [0.25, 0.3) is 27.6 Å². The highest BCUT2D eigenvalue weighted by Gasteiger charge is 2.33. The summed E-state index contributed by atoms with van der Waals surface area (Å²) >= 11 is 0. The van der Waals surface area contributed by atoms with Crippen molar-refractivity contribution < 1.29 is 0 Å². The Morgan fingerprint density at radius 3 is 1.42 bits per heavy atom. The second-order valence-corrected chi connectivity index (χ2v) is 11.4. The average Bonchev–Trinajstić information content (AvgIpc) is 3.54. The SMILES string of the molecule is Cc1cc(C)c(-c2cccc(-c3c(C)cc(C)cc3C)c2P2C=C2c2ccccc2)c(C)c1. The van der Waals surface area contributed by atoms with Crippen LogP contribution in [0.2, 0.25) is 0 Å². The molecule has 4 aromatic carbocycles. The molecular weight excluding hydrogens is 415 g/mol. The molecule has 1 heterocycles. The maximum atomic E-state index is 2.50. The molecule has 1 unspecified atom stereocenters. The van der Waals surface area contributed by atoms with Gasteiger partial charge in [0.2, 0.25) is 0 Å². The lowest BCUT2D eigenvalue weighted by molar-refractivity contribution is 1.32. The number of benzene rings is 4. The van der Waals surface area contributed by atoms with Gasteiger partial charge >= 0.3 is 0 Å². The first kappa shape index (κ1) is 21.9. The van der Waals surface area contributed by atoms with E-state index in [1.54, 1.807) is 0 Å². The first-order valence-corrected chi connectivity index (χ1v) is 13.1. The first-order chi connectivity index (χ1) is 15.8. The van der Waals surface area contributed by atoms with Crippen molar-refractivity contribution in [1.29, 1.82) is 0 Å². The van der Waals surface area contributed by atoms with Gasteiger partial charge in [-0.25, -0.2) is 0 Å². The van der Waals surface area contributed by atoms with Crippen LogP contribution in [0.3, 0.4) is 0 Å². The molecule has 0 radical (unpaired) electrons. The summed E-state index contributed by atoms with van der Waals surface area (Å²) in [5, 5.41) is 3.01. The fourth-order valence-corrected chi connectivity index (χ4v) is 7.72. The van der Waals surface area contributed by atoms with Crippen molar-refractivity contribution in [3.8, 4) is 22.3 Å². The second-order valence-electron chi connectivity index (χ2n) is 9.50. The Morgan fingerprint density at radius 1 is 0.515 bits per heavy atom. The predicted octanol–water partition coefficient (Wildman–Crippen LogP) is 8.99. The van der Waals surface area contributed by atoms with Gasteiger partial charge in [-0.05, 0) is 111 Å². The van der Waals surface area contributed by atoms with Crippen molar-refractivity contribution in [2.45, 2.75) is 41.5 Å². The van der Waals surface area contributed by atoms with Crippen LogP contribution in [-0.4, -0.2) is 0 Å². The van der Waals surface area contributed by atoms with E-state index >= 15 is 0 Å². The largest absolute Gasteiger partial charge is 0.0622 e. The van der Waals surface area contributed by atoms with Crippen LogP contribution in [0.5, 0.6) is 0 Å². The van der Waals surface area contributed by atoms with Gasteiger partial charge < -0.3 is 0 Å². The number of aryl methyl sites for hydroxylation is 6. The van der Waals surface area contributed by atoms with E-state index in [1.165, 1.54) is 71.8 Å². The van der Waals surface area contributed by atoms with Crippen molar-refractivity contribution >= 4 is 18.5 Å².